The van der Waals surface area contributed by atoms with Gasteiger partial charge in [-0.25, -0.2) is 0 Å². The second kappa shape index (κ2) is 6.11. The Labute approximate surface area is 118 Å². The van der Waals surface area contributed by atoms with Gasteiger partial charge in [-0.1, -0.05) is 18.2 Å². The first-order valence-electron chi connectivity index (χ1n) is 7.13. The lowest BCUT2D eigenvalue weighted by Gasteiger charge is -2.18. The van der Waals surface area contributed by atoms with E-state index in [0.29, 0.717) is 6.54 Å². The van der Waals surface area contributed by atoms with E-state index in [1.54, 1.807) is 12.4 Å². The van der Waals surface area contributed by atoms with Gasteiger partial charge >= 0.3 is 0 Å². The monoisotopic (exact) mass is 269 g/mol. The fraction of sp³-hybridized carbons (Fsp3) is 0.375. The van der Waals surface area contributed by atoms with Gasteiger partial charge in [0.1, 0.15) is 0 Å². The zero-order valence-corrected chi connectivity index (χ0v) is 11.5. The normalized spacial score (nSPS) is 17.0. The van der Waals surface area contributed by atoms with Crippen molar-refractivity contribution in [2.75, 3.05) is 32.7 Å². The molecule has 0 radical (unpaired) electrons. The quantitative estimate of drug-likeness (QED) is 0.862. The topological polar surface area (TPSA) is 45.2 Å². The summed E-state index contributed by atoms with van der Waals surface area (Å²) in [5.74, 6) is 0.186. The molecule has 0 bridgehead atoms. The molecule has 3 rings (SSSR count). The summed E-state index contributed by atoms with van der Waals surface area (Å²) in [4.78, 5) is 18.9. The first-order chi connectivity index (χ1) is 9.84. The van der Waals surface area contributed by atoms with Crippen LogP contribution in [0.15, 0.2) is 36.7 Å². The number of Topliss-reactive ketones (excluding diaryl/α,β-unsaturated/α-hetero) is 1. The smallest absolute Gasteiger partial charge is 0.177 e. The Morgan fingerprint density at radius 1 is 1.25 bits per heavy atom. The molecule has 0 amide bonds. The van der Waals surface area contributed by atoms with Gasteiger partial charge in [-0.3, -0.25) is 14.7 Å². The van der Waals surface area contributed by atoms with Crippen LogP contribution in [0.5, 0.6) is 0 Å². The molecule has 1 N–H and O–H groups in total. The van der Waals surface area contributed by atoms with Crippen molar-refractivity contribution in [1.82, 2.24) is 15.2 Å². The van der Waals surface area contributed by atoms with Crippen LogP contribution < -0.4 is 5.32 Å². The van der Waals surface area contributed by atoms with Gasteiger partial charge < -0.3 is 5.32 Å². The van der Waals surface area contributed by atoms with Gasteiger partial charge in [0.05, 0.1) is 6.54 Å². The molecule has 2 aromatic rings. The molecule has 0 spiro atoms. The fourth-order valence-electron chi connectivity index (χ4n) is 2.70. The molecule has 1 aromatic heterocycles. The lowest BCUT2D eigenvalue weighted by molar-refractivity contribution is 0.0936. The van der Waals surface area contributed by atoms with Crippen molar-refractivity contribution in [2.45, 2.75) is 6.42 Å². The predicted octanol–water partition coefficient (Wildman–Crippen LogP) is 1.71. The van der Waals surface area contributed by atoms with Crippen molar-refractivity contribution in [3.63, 3.8) is 0 Å². The highest BCUT2D eigenvalue weighted by atomic mass is 16.1. The highest BCUT2D eigenvalue weighted by Gasteiger charge is 2.15. The third-order valence-electron chi connectivity index (χ3n) is 3.78. The standard InChI is InChI=1S/C16H19N3O/c20-16(12-19-9-2-6-17-8-10-19)14-4-1-3-13-5-7-18-11-15(13)14/h1,3-5,7,11,17H,2,6,8-10,12H2. The van der Waals surface area contributed by atoms with Crippen LogP contribution in [-0.2, 0) is 0 Å². The fourth-order valence-corrected chi connectivity index (χ4v) is 2.70. The lowest BCUT2D eigenvalue weighted by atomic mass is 10.0. The maximum Gasteiger partial charge on any atom is 0.177 e. The summed E-state index contributed by atoms with van der Waals surface area (Å²) < 4.78 is 0. The Bertz CT molecular complexity index is 598. The summed E-state index contributed by atoms with van der Waals surface area (Å²) in [5.41, 5.74) is 0.785. The minimum absolute atomic E-state index is 0.186. The molecule has 2 heterocycles. The largest absolute Gasteiger partial charge is 0.315 e. The number of fused-ring (bicyclic) bond motifs is 1. The summed E-state index contributed by atoms with van der Waals surface area (Å²) in [6, 6.07) is 7.81. The van der Waals surface area contributed by atoms with Crippen LogP contribution in [0.25, 0.3) is 10.8 Å². The van der Waals surface area contributed by atoms with Gasteiger partial charge in [0, 0.05) is 36.4 Å². The van der Waals surface area contributed by atoms with Crippen LogP contribution in [0.4, 0.5) is 0 Å². The van der Waals surface area contributed by atoms with E-state index in [1.165, 1.54) is 0 Å². The molecule has 0 saturated carbocycles. The maximum absolute atomic E-state index is 12.5. The summed E-state index contributed by atoms with van der Waals surface area (Å²) in [6.45, 7) is 4.43. The number of nitrogens with one attached hydrogen (secondary N) is 1. The molecule has 1 fully saturated rings. The first-order valence-corrected chi connectivity index (χ1v) is 7.13. The van der Waals surface area contributed by atoms with Crippen molar-refractivity contribution in [2.24, 2.45) is 0 Å². The van der Waals surface area contributed by atoms with E-state index >= 15 is 0 Å². The van der Waals surface area contributed by atoms with Gasteiger partial charge in [-0.05, 0) is 31.0 Å². The van der Waals surface area contributed by atoms with E-state index in [-0.39, 0.29) is 5.78 Å². The van der Waals surface area contributed by atoms with E-state index < -0.39 is 0 Å². The van der Waals surface area contributed by atoms with Crippen LogP contribution in [-0.4, -0.2) is 48.4 Å². The van der Waals surface area contributed by atoms with E-state index in [1.807, 2.05) is 24.3 Å². The Hall–Kier alpha value is -1.78. The van der Waals surface area contributed by atoms with Crippen molar-refractivity contribution < 1.29 is 4.79 Å². The van der Waals surface area contributed by atoms with Crippen LogP contribution in [0.1, 0.15) is 16.8 Å². The summed E-state index contributed by atoms with van der Waals surface area (Å²) in [5, 5.41) is 5.38. The SMILES string of the molecule is O=C(CN1CCCNCC1)c1cccc2ccncc12. The van der Waals surface area contributed by atoms with Crippen LogP contribution in [0.2, 0.25) is 0 Å². The van der Waals surface area contributed by atoms with E-state index in [0.717, 1.165) is 48.9 Å². The first kappa shape index (κ1) is 13.2. The second-order valence-electron chi connectivity index (χ2n) is 5.21. The molecule has 0 aliphatic carbocycles. The molecule has 1 aromatic carbocycles. The zero-order valence-electron chi connectivity index (χ0n) is 11.5. The molecule has 1 saturated heterocycles. The van der Waals surface area contributed by atoms with Crippen molar-refractivity contribution in [3.05, 3.63) is 42.2 Å². The van der Waals surface area contributed by atoms with Crippen LogP contribution >= 0.6 is 0 Å². The molecule has 20 heavy (non-hydrogen) atoms. The van der Waals surface area contributed by atoms with Gasteiger partial charge in [0.15, 0.2) is 5.78 Å². The number of carbonyl (C=O) groups is 1. The number of nitrogens with zero attached hydrogens (tertiary/aromatic N) is 2. The highest BCUT2D eigenvalue weighted by Crippen LogP contribution is 2.18. The summed E-state index contributed by atoms with van der Waals surface area (Å²) in [7, 11) is 0. The molecular weight excluding hydrogens is 250 g/mol. The predicted molar refractivity (Wildman–Crippen MR) is 80.0 cm³/mol. The number of ketones is 1. The molecule has 1 aliphatic heterocycles. The third kappa shape index (κ3) is 2.86. The maximum atomic E-state index is 12.5. The number of hydrogen-bond donors (Lipinski definition) is 1. The molecular formula is C16H19N3O. The minimum Gasteiger partial charge on any atom is -0.315 e. The number of rotatable bonds is 3. The number of benzene rings is 1. The Morgan fingerprint density at radius 2 is 2.20 bits per heavy atom. The number of hydrogen-bond acceptors (Lipinski definition) is 4. The molecule has 4 heteroatoms. The average Bonchev–Trinajstić information content (AvgIpc) is 2.75. The Kier molecular flexibility index (Phi) is 4.04. The van der Waals surface area contributed by atoms with Gasteiger partial charge in [-0.2, -0.15) is 0 Å². The number of carbonyl (C=O) groups excluding carboxylic acids is 1. The average molecular weight is 269 g/mol. The lowest BCUT2D eigenvalue weighted by Crippen LogP contribution is -2.33. The molecule has 4 nitrogen and oxygen atoms in total. The Balaban J connectivity index is 1.81. The highest BCUT2D eigenvalue weighted by molar-refractivity contribution is 6.08. The minimum atomic E-state index is 0.186. The van der Waals surface area contributed by atoms with Gasteiger partial charge in [0.25, 0.3) is 0 Å². The van der Waals surface area contributed by atoms with E-state index in [2.05, 4.69) is 15.2 Å². The molecule has 0 unspecified atom stereocenters. The van der Waals surface area contributed by atoms with Gasteiger partial charge in [0.2, 0.25) is 0 Å². The summed E-state index contributed by atoms with van der Waals surface area (Å²) >= 11 is 0. The van der Waals surface area contributed by atoms with E-state index in [4.69, 9.17) is 0 Å². The summed E-state index contributed by atoms with van der Waals surface area (Å²) in [6.07, 6.45) is 4.65. The molecule has 104 valence electrons. The number of pyridine rings is 1. The van der Waals surface area contributed by atoms with E-state index in [9.17, 15) is 4.79 Å². The Morgan fingerprint density at radius 3 is 3.15 bits per heavy atom. The molecule has 0 atom stereocenters. The van der Waals surface area contributed by atoms with Crippen LogP contribution in [0, 0.1) is 0 Å². The number of aromatic nitrogens is 1. The van der Waals surface area contributed by atoms with Crippen molar-refractivity contribution >= 4 is 16.6 Å². The second-order valence-corrected chi connectivity index (χ2v) is 5.21. The van der Waals surface area contributed by atoms with Crippen molar-refractivity contribution in [3.8, 4) is 0 Å². The third-order valence-corrected chi connectivity index (χ3v) is 3.78. The van der Waals surface area contributed by atoms with Crippen LogP contribution in [0.3, 0.4) is 0 Å². The van der Waals surface area contributed by atoms with Gasteiger partial charge in [-0.15, -0.1) is 0 Å². The van der Waals surface area contributed by atoms with Crippen molar-refractivity contribution in [1.29, 1.82) is 0 Å². The zero-order chi connectivity index (χ0) is 13.8. The molecule has 1 aliphatic rings.